The lowest BCUT2D eigenvalue weighted by Gasteiger charge is -2.07. The highest BCUT2D eigenvalue weighted by atomic mass is 16.5. The fraction of sp³-hybridized carbons (Fsp3) is 0.533. The standard InChI is InChI=1S/C15H23NO3/c1-2-3-4-5-9-18-10-11-19-14-8-6-7-13(12-14)15(16)17/h6-8,12H,2-5,9-11H2,1H3,(H2,16,17). The zero-order chi connectivity index (χ0) is 13.9. The molecule has 0 saturated heterocycles. The fourth-order valence-corrected chi connectivity index (χ4v) is 1.69. The maximum atomic E-state index is 11.0. The lowest BCUT2D eigenvalue weighted by Crippen LogP contribution is -2.11. The lowest BCUT2D eigenvalue weighted by atomic mass is 10.2. The Balaban J connectivity index is 2.12. The zero-order valence-corrected chi connectivity index (χ0v) is 11.6. The van der Waals surface area contributed by atoms with E-state index in [1.807, 2.05) is 0 Å². The van der Waals surface area contributed by atoms with Gasteiger partial charge in [0.05, 0.1) is 6.61 Å². The predicted octanol–water partition coefficient (Wildman–Crippen LogP) is 2.76. The fourth-order valence-electron chi connectivity index (χ4n) is 1.69. The summed E-state index contributed by atoms with van der Waals surface area (Å²) in [6, 6.07) is 6.86. The molecule has 106 valence electrons. The van der Waals surface area contributed by atoms with Crippen LogP contribution in [0.1, 0.15) is 43.0 Å². The van der Waals surface area contributed by atoms with Gasteiger partial charge in [-0.05, 0) is 24.6 Å². The Bertz CT molecular complexity index is 379. The van der Waals surface area contributed by atoms with E-state index in [4.69, 9.17) is 15.2 Å². The van der Waals surface area contributed by atoms with E-state index >= 15 is 0 Å². The van der Waals surface area contributed by atoms with Gasteiger partial charge >= 0.3 is 0 Å². The molecule has 1 aromatic carbocycles. The third kappa shape index (κ3) is 6.82. The Morgan fingerprint density at radius 3 is 2.74 bits per heavy atom. The molecule has 0 spiro atoms. The Hall–Kier alpha value is -1.55. The van der Waals surface area contributed by atoms with Gasteiger partial charge in [0, 0.05) is 12.2 Å². The van der Waals surface area contributed by atoms with Crippen molar-refractivity contribution in [1.29, 1.82) is 0 Å². The maximum Gasteiger partial charge on any atom is 0.248 e. The summed E-state index contributed by atoms with van der Waals surface area (Å²) < 4.78 is 11.0. The Morgan fingerprint density at radius 1 is 1.16 bits per heavy atom. The first-order valence-electron chi connectivity index (χ1n) is 6.84. The lowest BCUT2D eigenvalue weighted by molar-refractivity contribution is 0.0967. The summed E-state index contributed by atoms with van der Waals surface area (Å²) in [6.45, 7) is 4.02. The van der Waals surface area contributed by atoms with E-state index in [-0.39, 0.29) is 0 Å². The van der Waals surface area contributed by atoms with Crippen molar-refractivity contribution < 1.29 is 14.3 Å². The van der Waals surface area contributed by atoms with Crippen molar-refractivity contribution in [2.45, 2.75) is 32.6 Å². The summed E-state index contributed by atoms with van der Waals surface area (Å²) in [7, 11) is 0. The molecule has 1 amide bonds. The number of hydrogen-bond donors (Lipinski definition) is 1. The molecule has 1 rings (SSSR count). The minimum absolute atomic E-state index is 0.447. The van der Waals surface area contributed by atoms with Crippen LogP contribution in [0.4, 0.5) is 0 Å². The molecule has 0 aliphatic rings. The molecule has 19 heavy (non-hydrogen) atoms. The average Bonchev–Trinajstić information content (AvgIpc) is 2.42. The van der Waals surface area contributed by atoms with Gasteiger partial charge < -0.3 is 15.2 Å². The summed E-state index contributed by atoms with van der Waals surface area (Å²) >= 11 is 0. The van der Waals surface area contributed by atoms with E-state index in [0.29, 0.717) is 24.5 Å². The van der Waals surface area contributed by atoms with Gasteiger partial charge in [-0.2, -0.15) is 0 Å². The minimum Gasteiger partial charge on any atom is -0.491 e. The molecule has 4 heteroatoms. The third-order valence-electron chi connectivity index (χ3n) is 2.76. The summed E-state index contributed by atoms with van der Waals surface area (Å²) in [5, 5.41) is 0. The Morgan fingerprint density at radius 2 is 2.00 bits per heavy atom. The van der Waals surface area contributed by atoms with Gasteiger partial charge in [0.2, 0.25) is 5.91 Å². The molecular formula is C15H23NO3. The van der Waals surface area contributed by atoms with Crippen molar-refractivity contribution >= 4 is 5.91 Å². The first-order chi connectivity index (χ1) is 9.24. The van der Waals surface area contributed by atoms with Crippen molar-refractivity contribution in [2.75, 3.05) is 19.8 Å². The molecular weight excluding hydrogens is 242 g/mol. The molecule has 0 bridgehead atoms. The van der Waals surface area contributed by atoms with Crippen LogP contribution in [-0.4, -0.2) is 25.7 Å². The average molecular weight is 265 g/mol. The minimum atomic E-state index is -0.447. The number of ether oxygens (including phenoxy) is 2. The van der Waals surface area contributed by atoms with Crippen molar-refractivity contribution in [3.8, 4) is 5.75 Å². The molecule has 0 fully saturated rings. The normalized spacial score (nSPS) is 10.4. The van der Waals surface area contributed by atoms with Crippen molar-refractivity contribution in [3.05, 3.63) is 29.8 Å². The number of carbonyl (C=O) groups excluding carboxylic acids is 1. The molecule has 0 atom stereocenters. The molecule has 0 saturated carbocycles. The van der Waals surface area contributed by atoms with Gasteiger partial charge in [-0.25, -0.2) is 0 Å². The number of rotatable bonds is 10. The zero-order valence-electron chi connectivity index (χ0n) is 11.6. The summed E-state index contributed by atoms with van der Waals surface area (Å²) in [5.41, 5.74) is 5.65. The third-order valence-corrected chi connectivity index (χ3v) is 2.76. The quantitative estimate of drug-likeness (QED) is 0.662. The summed E-state index contributed by atoms with van der Waals surface area (Å²) in [4.78, 5) is 11.0. The topological polar surface area (TPSA) is 61.6 Å². The SMILES string of the molecule is CCCCCCOCCOc1cccc(C(N)=O)c1. The molecule has 0 heterocycles. The number of hydrogen-bond acceptors (Lipinski definition) is 3. The molecule has 0 aliphatic carbocycles. The van der Waals surface area contributed by atoms with Crippen LogP contribution in [0.25, 0.3) is 0 Å². The highest BCUT2D eigenvalue weighted by Gasteiger charge is 2.01. The Labute approximate surface area is 114 Å². The highest BCUT2D eigenvalue weighted by molar-refractivity contribution is 5.93. The molecule has 2 N–H and O–H groups in total. The van der Waals surface area contributed by atoms with E-state index in [2.05, 4.69) is 6.92 Å². The number of amides is 1. The number of unbranched alkanes of at least 4 members (excludes halogenated alkanes) is 3. The number of nitrogens with two attached hydrogens (primary N) is 1. The first kappa shape index (κ1) is 15.5. The number of primary amides is 1. The van der Waals surface area contributed by atoms with Crippen LogP contribution in [0.3, 0.4) is 0 Å². The molecule has 1 aromatic rings. The first-order valence-corrected chi connectivity index (χ1v) is 6.84. The summed E-state index contributed by atoms with van der Waals surface area (Å²) in [5.74, 6) is 0.198. The van der Waals surface area contributed by atoms with E-state index in [1.54, 1.807) is 24.3 Å². The van der Waals surface area contributed by atoms with E-state index in [0.717, 1.165) is 13.0 Å². The van der Waals surface area contributed by atoms with E-state index in [9.17, 15) is 4.79 Å². The molecule has 4 nitrogen and oxygen atoms in total. The van der Waals surface area contributed by atoms with Crippen LogP contribution in [-0.2, 0) is 4.74 Å². The van der Waals surface area contributed by atoms with Gasteiger partial charge in [-0.15, -0.1) is 0 Å². The van der Waals surface area contributed by atoms with Crippen molar-refractivity contribution in [1.82, 2.24) is 0 Å². The maximum absolute atomic E-state index is 11.0. The van der Waals surface area contributed by atoms with Crippen LogP contribution in [0.15, 0.2) is 24.3 Å². The molecule has 0 aromatic heterocycles. The van der Waals surface area contributed by atoms with Gasteiger partial charge in [0.25, 0.3) is 0 Å². The van der Waals surface area contributed by atoms with Gasteiger partial charge in [-0.1, -0.05) is 32.3 Å². The monoisotopic (exact) mass is 265 g/mol. The van der Waals surface area contributed by atoms with Crippen LogP contribution in [0.2, 0.25) is 0 Å². The number of carbonyl (C=O) groups is 1. The van der Waals surface area contributed by atoms with E-state index in [1.165, 1.54) is 19.3 Å². The van der Waals surface area contributed by atoms with Gasteiger partial charge in [0.15, 0.2) is 0 Å². The van der Waals surface area contributed by atoms with Crippen LogP contribution in [0, 0.1) is 0 Å². The van der Waals surface area contributed by atoms with Crippen molar-refractivity contribution in [3.63, 3.8) is 0 Å². The molecule has 0 radical (unpaired) electrons. The van der Waals surface area contributed by atoms with Gasteiger partial charge in [-0.3, -0.25) is 4.79 Å². The van der Waals surface area contributed by atoms with E-state index < -0.39 is 5.91 Å². The van der Waals surface area contributed by atoms with Crippen LogP contribution >= 0.6 is 0 Å². The molecule has 0 unspecified atom stereocenters. The van der Waals surface area contributed by atoms with Gasteiger partial charge in [0.1, 0.15) is 12.4 Å². The molecule has 0 aliphatic heterocycles. The highest BCUT2D eigenvalue weighted by Crippen LogP contribution is 2.12. The Kier molecular flexibility index (Phi) is 7.66. The van der Waals surface area contributed by atoms with Crippen LogP contribution in [0.5, 0.6) is 5.75 Å². The van der Waals surface area contributed by atoms with Crippen LogP contribution < -0.4 is 10.5 Å². The second-order valence-corrected chi connectivity index (χ2v) is 4.41. The largest absolute Gasteiger partial charge is 0.491 e. The summed E-state index contributed by atoms with van der Waals surface area (Å²) in [6.07, 6.45) is 4.82. The van der Waals surface area contributed by atoms with Crippen molar-refractivity contribution in [2.24, 2.45) is 5.73 Å². The predicted molar refractivity (Wildman–Crippen MR) is 75.4 cm³/mol. The smallest absolute Gasteiger partial charge is 0.248 e. The second-order valence-electron chi connectivity index (χ2n) is 4.41. The second kappa shape index (κ2) is 9.39. The number of benzene rings is 1.